The third-order valence-electron chi connectivity index (χ3n) is 7.39. The van der Waals surface area contributed by atoms with E-state index in [-0.39, 0.29) is 11.9 Å². The minimum atomic E-state index is -0.419. The third kappa shape index (κ3) is 4.60. The van der Waals surface area contributed by atoms with Gasteiger partial charge in [0, 0.05) is 42.7 Å². The van der Waals surface area contributed by atoms with Gasteiger partial charge in [-0.1, -0.05) is 24.4 Å². The zero-order valence-corrected chi connectivity index (χ0v) is 20.3. The molecule has 0 radical (unpaired) electrons. The molecular formula is C26H32N6O3. The maximum absolute atomic E-state index is 13.7. The molecule has 184 valence electrons. The summed E-state index contributed by atoms with van der Waals surface area (Å²) in [6.45, 7) is 5.72. The van der Waals surface area contributed by atoms with Crippen LogP contribution in [0.25, 0.3) is 11.1 Å². The van der Waals surface area contributed by atoms with E-state index < -0.39 is 5.91 Å². The molecule has 35 heavy (non-hydrogen) atoms. The number of pyridine rings is 1. The largest absolute Gasteiger partial charge is 0.364 e. The number of aromatic nitrogens is 3. The molecule has 1 aliphatic heterocycles. The fraction of sp³-hybridized carbons (Fsp3) is 0.462. The second-order valence-corrected chi connectivity index (χ2v) is 9.66. The van der Waals surface area contributed by atoms with Crippen molar-refractivity contribution in [3.05, 3.63) is 53.3 Å². The Labute approximate surface area is 204 Å². The quantitative estimate of drug-likeness (QED) is 0.560. The Bertz CT molecular complexity index is 1200. The maximum Gasteiger partial charge on any atom is 0.265 e. The van der Waals surface area contributed by atoms with Crippen molar-refractivity contribution in [2.24, 2.45) is 11.7 Å². The predicted molar refractivity (Wildman–Crippen MR) is 132 cm³/mol. The molecule has 9 heteroatoms. The molecule has 0 spiro atoms. The monoisotopic (exact) mass is 476 g/mol. The van der Waals surface area contributed by atoms with Crippen molar-refractivity contribution in [1.29, 1.82) is 0 Å². The fourth-order valence-corrected chi connectivity index (χ4v) is 5.72. The second-order valence-electron chi connectivity index (χ2n) is 9.66. The number of hydrogen-bond donors (Lipinski definition) is 2. The molecule has 2 aliphatic rings. The van der Waals surface area contributed by atoms with Crippen LogP contribution >= 0.6 is 0 Å². The number of nitrogens with one attached hydrogen (secondary N) is 1. The van der Waals surface area contributed by atoms with Gasteiger partial charge in [-0.15, -0.1) is 0 Å². The Balaban J connectivity index is 1.35. The first kappa shape index (κ1) is 23.3. The van der Waals surface area contributed by atoms with Crippen LogP contribution in [0, 0.1) is 19.8 Å². The molecule has 1 atom stereocenters. The van der Waals surface area contributed by atoms with E-state index in [2.05, 4.69) is 20.4 Å². The number of anilines is 1. The number of nitrogens with zero attached hydrogens (tertiary/aromatic N) is 4. The van der Waals surface area contributed by atoms with Gasteiger partial charge in [0.05, 0.1) is 11.7 Å². The number of hydrogen-bond acceptors (Lipinski definition) is 6. The number of carbonyl (C=O) groups is 2. The average Bonchev–Trinajstić information content (AvgIpc) is 3.43. The molecule has 0 bridgehead atoms. The van der Waals surface area contributed by atoms with E-state index >= 15 is 0 Å². The second kappa shape index (κ2) is 9.65. The summed E-state index contributed by atoms with van der Waals surface area (Å²) in [5, 5.41) is 7.09. The lowest BCUT2D eigenvalue weighted by molar-refractivity contribution is -0.124. The third-order valence-corrected chi connectivity index (χ3v) is 7.39. The molecule has 0 saturated heterocycles. The van der Waals surface area contributed by atoms with E-state index in [9.17, 15) is 9.59 Å². The van der Waals surface area contributed by atoms with Gasteiger partial charge in [-0.05, 0) is 56.9 Å². The smallest absolute Gasteiger partial charge is 0.265 e. The van der Waals surface area contributed by atoms with Crippen molar-refractivity contribution in [3.8, 4) is 11.1 Å². The van der Waals surface area contributed by atoms with Gasteiger partial charge >= 0.3 is 0 Å². The lowest BCUT2D eigenvalue weighted by Crippen LogP contribution is -2.51. The summed E-state index contributed by atoms with van der Waals surface area (Å²) in [5.41, 5.74) is 9.73. The molecule has 3 N–H and O–H groups in total. The predicted octanol–water partition coefficient (Wildman–Crippen LogP) is 3.66. The number of rotatable bonds is 6. The SMILES string of the molecule is Cc1noc(C)c1-c1ccc(NC(=O)[C@H](C2CCCCC2)N2CCn3c(ccc3C(N)=O)C2)nc1. The summed E-state index contributed by atoms with van der Waals surface area (Å²) >= 11 is 0. The molecule has 5 rings (SSSR count). The summed E-state index contributed by atoms with van der Waals surface area (Å²) in [4.78, 5) is 32.2. The van der Waals surface area contributed by atoms with Crippen LogP contribution in [0.3, 0.4) is 0 Å². The highest BCUT2D eigenvalue weighted by Crippen LogP contribution is 2.32. The van der Waals surface area contributed by atoms with E-state index in [0.717, 1.165) is 54.0 Å². The van der Waals surface area contributed by atoms with Crippen LogP contribution in [-0.4, -0.2) is 44.0 Å². The Hall–Kier alpha value is -3.46. The lowest BCUT2D eigenvalue weighted by atomic mass is 9.82. The zero-order valence-electron chi connectivity index (χ0n) is 20.3. The molecule has 1 saturated carbocycles. The van der Waals surface area contributed by atoms with Crippen LogP contribution in [0.15, 0.2) is 35.0 Å². The fourth-order valence-electron chi connectivity index (χ4n) is 5.72. The van der Waals surface area contributed by atoms with E-state index in [1.807, 2.05) is 36.6 Å². The number of carbonyl (C=O) groups excluding carboxylic acids is 2. The molecule has 4 heterocycles. The Morgan fingerprint density at radius 2 is 1.91 bits per heavy atom. The first-order valence-electron chi connectivity index (χ1n) is 12.3. The van der Waals surface area contributed by atoms with Gasteiger partial charge in [-0.2, -0.15) is 0 Å². The van der Waals surface area contributed by atoms with Crippen molar-refractivity contribution >= 4 is 17.6 Å². The molecule has 3 aromatic heterocycles. The van der Waals surface area contributed by atoms with Crippen molar-refractivity contribution < 1.29 is 14.1 Å². The topological polar surface area (TPSA) is 119 Å². The zero-order chi connectivity index (χ0) is 24.5. The van der Waals surface area contributed by atoms with Gasteiger partial charge in [0.2, 0.25) is 5.91 Å². The van der Waals surface area contributed by atoms with Crippen LogP contribution in [0.4, 0.5) is 5.82 Å². The van der Waals surface area contributed by atoms with Crippen LogP contribution in [0.5, 0.6) is 0 Å². The van der Waals surface area contributed by atoms with Gasteiger partial charge in [0.1, 0.15) is 17.3 Å². The Morgan fingerprint density at radius 1 is 1.11 bits per heavy atom. The van der Waals surface area contributed by atoms with Gasteiger partial charge < -0.3 is 20.1 Å². The molecular weight excluding hydrogens is 444 g/mol. The van der Waals surface area contributed by atoms with E-state index in [1.54, 1.807) is 12.3 Å². The molecule has 9 nitrogen and oxygen atoms in total. The maximum atomic E-state index is 13.7. The van der Waals surface area contributed by atoms with Crippen molar-refractivity contribution in [2.45, 2.75) is 65.1 Å². The lowest BCUT2D eigenvalue weighted by Gasteiger charge is -2.40. The molecule has 2 amide bonds. The summed E-state index contributed by atoms with van der Waals surface area (Å²) in [6.07, 6.45) is 7.35. The Morgan fingerprint density at radius 3 is 2.57 bits per heavy atom. The number of fused-ring (bicyclic) bond motifs is 1. The normalized spacial score (nSPS) is 17.7. The highest BCUT2D eigenvalue weighted by molar-refractivity contribution is 5.94. The highest BCUT2D eigenvalue weighted by atomic mass is 16.5. The van der Waals surface area contributed by atoms with Gasteiger partial charge in [0.15, 0.2) is 0 Å². The summed E-state index contributed by atoms with van der Waals surface area (Å²) in [7, 11) is 0. The van der Waals surface area contributed by atoms with E-state index in [4.69, 9.17) is 10.3 Å². The summed E-state index contributed by atoms with van der Waals surface area (Å²) < 4.78 is 7.25. The van der Waals surface area contributed by atoms with Crippen LogP contribution in [-0.2, 0) is 17.9 Å². The van der Waals surface area contributed by atoms with E-state index in [1.165, 1.54) is 6.42 Å². The summed E-state index contributed by atoms with van der Waals surface area (Å²) in [5.74, 6) is 1.12. The van der Waals surface area contributed by atoms with Crippen LogP contribution in [0.1, 0.15) is 59.7 Å². The number of amides is 2. The number of primary amides is 1. The van der Waals surface area contributed by atoms with Crippen LogP contribution in [0.2, 0.25) is 0 Å². The Kier molecular flexibility index (Phi) is 6.42. The van der Waals surface area contributed by atoms with Crippen molar-refractivity contribution in [1.82, 2.24) is 19.6 Å². The van der Waals surface area contributed by atoms with Crippen molar-refractivity contribution in [2.75, 3.05) is 11.9 Å². The number of aryl methyl sites for hydroxylation is 2. The number of nitrogens with two attached hydrogens (primary N) is 1. The molecule has 0 unspecified atom stereocenters. The van der Waals surface area contributed by atoms with Crippen LogP contribution < -0.4 is 11.1 Å². The molecule has 1 fully saturated rings. The van der Waals surface area contributed by atoms with Gasteiger partial charge in [-0.3, -0.25) is 14.5 Å². The standard InChI is InChI=1S/C26H32N6O3/c1-16-23(17(2)35-30-16)19-8-11-22(28-14-19)29-26(34)24(18-6-4-3-5-7-18)31-12-13-32-20(15-31)9-10-21(32)25(27)33/h8-11,14,18,24H,3-7,12-13,15H2,1-2H3,(H2,27,33)(H,28,29,34)/t24-/m0/s1. The average molecular weight is 477 g/mol. The molecule has 1 aliphatic carbocycles. The first-order chi connectivity index (χ1) is 16.9. The van der Waals surface area contributed by atoms with Gasteiger partial charge in [-0.25, -0.2) is 4.98 Å². The minimum absolute atomic E-state index is 0.0235. The first-order valence-corrected chi connectivity index (χ1v) is 12.3. The highest BCUT2D eigenvalue weighted by Gasteiger charge is 2.36. The molecule has 0 aromatic carbocycles. The molecule has 3 aromatic rings. The summed E-state index contributed by atoms with van der Waals surface area (Å²) in [6, 6.07) is 7.24. The van der Waals surface area contributed by atoms with E-state index in [0.29, 0.717) is 37.1 Å². The van der Waals surface area contributed by atoms with Crippen molar-refractivity contribution in [3.63, 3.8) is 0 Å². The minimum Gasteiger partial charge on any atom is -0.364 e. The van der Waals surface area contributed by atoms with Gasteiger partial charge in [0.25, 0.3) is 5.91 Å².